The quantitative estimate of drug-likeness (QED) is 0.751. The van der Waals surface area contributed by atoms with Crippen molar-refractivity contribution in [3.05, 3.63) is 64.1 Å². The molecule has 0 fully saturated rings. The summed E-state index contributed by atoms with van der Waals surface area (Å²) in [6, 6.07) is 14.5. The second-order valence-electron chi connectivity index (χ2n) is 4.75. The summed E-state index contributed by atoms with van der Waals surface area (Å²) in [7, 11) is 0. The number of benzene rings is 2. The molecule has 1 amide bonds. The Kier molecular flexibility index (Phi) is 6.56. The number of rotatable bonds is 7. The fraction of sp³-hybridized carbons (Fsp3) is 0.235. The summed E-state index contributed by atoms with van der Waals surface area (Å²) in [5.41, 5.74) is 0.437. The molecule has 2 rings (SSSR count). The Morgan fingerprint density at radius 1 is 1.05 bits per heavy atom. The van der Waals surface area contributed by atoms with Gasteiger partial charge in [-0.25, -0.2) is 0 Å². The highest BCUT2D eigenvalue weighted by Crippen LogP contribution is 2.20. The normalized spacial score (nSPS) is 10.3. The van der Waals surface area contributed by atoms with Gasteiger partial charge in [0.25, 0.3) is 5.91 Å². The smallest absolute Gasteiger partial charge is 0.252 e. The highest BCUT2D eigenvalue weighted by Gasteiger charge is 2.09. The topological polar surface area (TPSA) is 38.3 Å². The van der Waals surface area contributed by atoms with Crippen molar-refractivity contribution >= 4 is 29.1 Å². The Labute approximate surface area is 140 Å². The predicted octanol–water partition coefficient (Wildman–Crippen LogP) is 4.58. The Morgan fingerprint density at radius 2 is 1.82 bits per heavy atom. The largest absolute Gasteiger partial charge is 0.494 e. The summed E-state index contributed by atoms with van der Waals surface area (Å²) in [6.07, 6.45) is 1.70. The SMILES string of the molecule is O=C(NCCCCOc1ccccc1)c1ccc(Cl)cc1Cl. The molecule has 3 nitrogen and oxygen atoms in total. The molecular weight excluding hydrogens is 321 g/mol. The van der Waals surface area contributed by atoms with E-state index in [1.54, 1.807) is 18.2 Å². The summed E-state index contributed by atoms with van der Waals surface area (Å²) in [5, 5.41) is 3.71. The van der Waals surface area contributed by atoms with Gasteiger partial charge in [0.2, 0.25) is 0 Å². The molecule has 0 unspecified atom stereocenters. The first kappa shape index (κ1) is 16.7. The molecule has 1 N–H and O–H groups in total. The summed E-state index contributed by atoms with van der Waals surface area (Å²) in [4.78, 5) is 12.0. The van der Waals surface area contributed by atoms with Crippen LogP contribution < -0.4 is 10.1 Å². The molecular formula is C17H17Cl2NO2. The van der Waals surface area contributed by atoms with Crippen LogP contribution in [0.1, 0.15) is 23.2 Å². The van der Waals surface area contributed by atoms with Gasteiger partial charge in [-0.3, -0.25) is 4.79 Å². The van der Waals surface area contributed by atoms with Gasteiger partial charge in [-0.2, -0.15) is 0 Å². The third-order valence-corrected chi connectivity index (χ3v) is 3.59. The van der Waals surface area contributed by atoms with Crippen LogP contribution in [0.3, 0.4) is 0 Å². The molecule has 0 saturated heterocycles. The van der Waals surface area contributed by atoms with E-state index in [1.807, 2.05) is 30.3 Å². The molecule has 0 aromatic heterocycles. The third-order valence-electron chi connectivity index (χ3n) is 3.04. The Balaban J connectivity index is 1.65. The molecule has 0 aliphatic heterocycles. The number of hydrogen-bond donors (Lipinski definition) is 1. The van der Waals surface area contributed by atoms with Crippen LogP contribution in [-0.4, -0.2) is 19.1 Å². The zero-order chi connectivity index (χ0) is 15.8. The summed E-state index contributed by atoms with van der Waals surface area (Å²) in [5.74, 6) is 0.671. The van der Waals surface area contributed by atoms with Gasteiger partial charge in [-0.15, -0.1) is 0 Å². The number of carbonyl (C=O) groups is 1. The van der Waals surface area contributed by atoms with Crippen molar-refractivity contribution in [1.29, 1.82) is 0 Å². The van der Waals surface area contributed by atoms with E-state index < -0.39 is 0 Å². The second-order valence-corrected chi connectivity index (χ2v) is 5.59. The van der Waals surface area contributed by atoms with Crippen molar-refractivity contribution in [3.63, 3.8) is 0 Å². The van der Waals surface area contributed by atoms with Crippen molar-refractivity contribution in [2.45, 2.75) is 12.8 Å². The van der Waals surface area contributed by atoms with E-state index in [-0.39, 0.29) is 5.91 Å². The predicted molar refractivity (Wildman–Crippen MR) is 90.0 cm³/mol. The maximum atomic E-state index is 12.0. The molecule has 0 aliphatic rings. The minimum Gasteiger partial charge on any atom is -0.494 e. The van der Waals surface area contributed by atoms with Crippen LogP contribution in [0.4, 0.5) is 0 Å². The molecule has 0 spiro atoms. The van der Waals surface area contributed by atoms with Crippen LogP contribution in [0.25, 0.3) is 0 Å². The number of hydrogen-bond acceptors (Lipinski definition) is 2. The zero-order valence-electron chi connectivity index (χ0n) is 12.0. The van der Waals surface area contributed by atoms with Gasteiger partial charge in [0.05, 0.1) is 17.2 Å². The standard InChI is InChI=1S/C17H17Cl2NO2/c18-13-8-9-15(16(19)12-13)17(21)20-10-4-5-11-22-14-6-2-1-3-7-14/h1-3,6-9,12H,4-5,10-11H2,(H,20,21). The Morgan fingerprint density at radius 3 is 2.55 bits per heavy atom. The molecule has 0 bridgehead atoms. The minimum atomic E-state index is -0.189. The molecule has 5 heteroatoms. The number of ether oxygens (including phenoxy) is 1. The van der Waals surface area contributed by atoms with E-state index in [1.165, 1.54) is 0 Å². The Bertz CT molecular complexity index is 617. The minimum absolute atomic E-state index is 0.189. The van der Waals surface area contributed by atoms with E-state index in [4.69, 9.17) is 27.9 Å². The van der Waals surface area contributed by atoms with Crippen molar-refractivity contribution in [2.75, 3.05) is 13.2 Å². The van der Waals surface area contributed by atoms with Crippen LogP contribution in [0.5, 0.6) is 5.75 Å². The molecule has 0 saturated carbocycles. The second kappa shape index (κ2) is 8.66. The first-order valence-electron chi connectivity index (χ1n) is 7.08. The van der Waals surface area contributed by atoms with Gasteiger partial charge in [-0.1, -0.05) is 41.4 Å². The molecule has 116 valence electrons. The van der Waals surface area contributed by atoms with Crippen LogP contribution in [0.15, 0.2) is 48.5 Å². The van der Waals surface area contributed by atoms with Crippen LogP contribution >= 0.6 is 23.2 Å². The lowest BCUT2D eigenvalue weighted by Gasteiger charge is -2.08. The van der Waals surface area contributed by atoms with Crippen molar-refractivity contribution in [2.24, 2.45) is 0 Å². The van der Waals surface area contributed by atoms with Gasteiger partial charge in [0, 0.05) is 11.6 Å². The molecule has 0 heterocycles. The summed E-state index contributed by atoms with van der Waals surface area (Å²) < 4.78 is 5.58. The number of para-hydroxylation sites is 1. The average Bonchev–Trinajstić information content (AvgIpc) is 2.51. The average molecular weight is 338 g/mol. The maximum absolute atomic E-state index is 12.0. The maximum Gasteiger partial charge on any atom is 0.252 e. The molecule has 2 aromatic rings. The van der Waals surface area contributed by atoms with Crippen LogP contribution in [0, 0.1) is 0 Å². The molecule has 0 atom stereocenters. The first-order chi connectivity index (χ1) is 10.7. The van der Waals surface area contributed by atoms with E-state index >= 15 is 0 Å². The van der Waals surface area contributed by atoms with E-state index in [9.17, 15) is 4.79 Å². The third kappa shape index (κ3) is 5.24. The fourth-order valence-electron chi connectivity index (χ4n) is 1.90. The lowest BCUT2D eigenvalue weighted by molar-refractivity contribution is 0.0952. The summed E-state index contributed by atoms with van der Waals surface area (Å²) >= 11 is 11.8. The van der Waals surface area contributed by atoms with E-state index in [0.29, 0.717) is 28.8 Å². The first-order valence-corrected chi connectivity index (χ1v) is 7.83. The van der Waals surface area contributed by atoms with Gasteiger partial charge in [0.1, 0.15) is 5.75 Å². The lowest BCUT2D eigenvalue weighted by atomic mass is 10.2. The molecule has 0 aliphatic carbocycles. The highest BCUT2D eigenvalue weighted by molar-refractivity contribution is 6.36. The number of unbranched alkanes of at least 4 members (excludes halogenated alkanes) is 1. The fourth-order valence-corrected chi connectivity index (χ4v) is 2.40. The zero-order valence-corrected chi connectivity index (χ0v) is 13.5. The van der Waals surface area contributed by atoms with Crippen LogP contribution in [-0.2, 0) is 0 Å². The van der Waals surface area contributed by atoms with Crippen molar-refractivity contribution < 1.29 is 9.53 Å². The van der Waals surface area contributed by atoms with E-state index in [2.05, 4.69) is 5.32 Å². The number of amides is 1. The lowest BCUT2D eigenvalue weighted by Crippen LogP contribution is -2.25. The highest BCUT2D eigenvalue weighted by atomic mass is 35.5. The van der Waals surface area contributed by atoms with E-state index in [0.717, 1.165) is 18.6 Å². The monoisotopic (exact) mass is 337 g/mol. The number of halogens is 2. The molecule has 0 radical (unpaired) electrons. The molecule has 22 heavy (non-hydrogen) atoms. The van der Waals surface area contributed by atoms with Crippen molar-refractivity contribution in [1.82, 2.24) is 5.32 Å². The van der Waals surface area contributed by atoms with Gasteiger partial charge in [0.15, 0.2) is 0 Å². The van der Waals surface area contributed by atoms with Crippen molar-refractivity contribution in [3.8, 4) is 5.75 Å². The Hall–Kier alpha value is -1.71. The van der Waals surface area contributed by atoms with Gasteiger partial charge < -0.3 is 10.1 Å². The number of nitrogens with one attached hydrogen (secondary N) is 1. The van der Waals surface area contributed by atoms with Crippen LogP contribution in [0.2, 0.25) is 10.0 Å². The van der Waals surface area contributed by atoms with Gasteiger partial charge in [-0.05, 0) is 43.2 Å². The molecule has 2 aromatic carbocycles. The number of carbonyl (C=O) groups excluding carboxylic acids is 1. The van der Waals surface area contributed by atoms with Gasteiger partial charge >= 0.3 is 0 Å². The summed E-state index contributed by atoms with van der Waals surface area (Å²) in [6.45, 7) is 1.21.